The lowest BCUT2D eigenvalue weighted by atomic mass is 10.1. The highest BCUT2D eigenvalue weighted by atomic mass is 16.5. The number of hydrogen-bond donors (Lipinski definition) is 3. The number of benzene rings is 1. The highest BCUT2D eigenvalue weighted by Gasteiger charge is 2.06. The molecule has 0 bridgehead atoms. The molecular formula is C16H26N2O3. The van der Waals surface area contributed by atoms with Gasteiger partial charge in [-0.1, -0.05) is 12.1 Å². The van der Waals surface area contributed by atoms with Crippen LogP contribution in [0.25, 0.3) is 0 Å². The molecule has 1 aromatic rings. The van der Waals surface area contributed by atoms with Gasteiger partial charge in [-0.25, -0.2) is 0 Å². The Morgan fingerprint density at radius 3 is 2.86 bits per heavy atom. The Kier molecular flexibility index (Phi) is 7.79. The molecule has 4 N–H and O–H groups in total. The van der Waals surface area contributed by atoms with Gasteiger partial charge in [-0.2, -0.15) is 0 Å². The number of aliphatic hydroxyl groups excluding tert-OH is 1. The van der Waals surface area contributed by atoms with Crippen LogP contribution in [0.1, 0.15) is 30.4 Å². The summed E-state index contributed by atoms with van der Waals surface area (Å²) in [5, 5.41) is 13.0. The largest absolute Gasteiger partial charge is 0.491 e. The number of hydrogen-bond acceptors (Lipinski definition) is 4. The van der Waals surface area contributed by atoms with Gasteiger partial charge >= 0.3 is 0 Å². The molecule has 1 rings (SSSR count). The molecule has 118 valence electrons. The minimum atomic E-state index is -0.555. The smallest absolute Gasteiger partial charge is 0.217 e. The average molecular weight is 294 g/mol. The lowest BCUT2D eigenvalue weighted by molar-refractivity contribution is -0.118. The highest BCUT2D eigenvalue weighted by Crippen LogP contribution is 2.19. The summed E-state index contributed by atoms with van der Waals surface area (Å²) in [6, 6.07) is 6.01. The van der Waals surface area contributed by atoms with Gasteiger partial charge in [0.05, 0.1) is 0 Å². The molecule has 5 heteroatoms. The molecule has 1 unspecified atom stereocenters. The minimum absolute atomic E-state index is 0.262. The first-order valence-electron chi connectivity index (χ1n) is 7.36. The van der Waals surface area contributed by atoms with E-state index < -0.39 is 6.10 Å². The number of primary amides is 1. The Labute approximate surface area is 126 Å². The van der Waals surface area contributed by atoms with Crippen molar-refractivity contribution in [2.75, 3.05) is 19.7 Å². The molecule has 1 aromatic carbocycles. The van der Waals surface area contributed by atoms with E-state index in [0.717, 1.165) is 36.3 Å². The van der Waals surface area contributed by atoms with Crippen LogP contribution in [0, 0.1) is 13.8 Å². The summed E-state index contributed by atoms with van der Waals surface area (Å²) < 4.78 is 5.64. The third kappa shape index (κ3) is 7.68. The van der Waals surface area contributed by atoms with Crippen LogP contribution in [0.15, 0.2) is 18.2 Å². The highest BCUT2D eigenvalue weighted by molar-refractivity contribution is 5.73. The lowest BCUT2D eigenvalue weighted by Gasteiger charge is -2.15. The summed E-state index contributed by atoms with van der Waals surface area (Å²) in [6.45, 7) is 5.49. The van der Waals surface area contributed by atoms with E-state index in [0.29, 0.717) is 13.0 Å². The van der Waals surface area contributed by atoms with Crippen LogP contribution in [-0.2, 0) is 4.79 Å². The molecule has 21 heavy (non-hydrogen) atoms. The third-order valence-corrected chi connectivity index (χ3v) is 3.18. The Bertz CT molecular complexity index is 449. The summed E-state index contributed by atoms with van der Waals surface area (Å²) >= 11 is 0. The number of amides is 1. The number of nitrogens with one attached hydrogen (secondary N) is 1. The molecule has 0 saturated carbocycles. The van der Waals surface area contributed by atoms with Crippen molar-refractivity contribution >= 4 is 5.91 Å². The first kappa shape index (κ1) is 17.5. The fourth-order valence-electron chi connectivity index (χ4n) is 1.93. The van der Waals surface area contributed by atoms with Gasteiger partial charge < -0.3 is 20.9 Å². The maximum atomic E-state index is 10.6. The van der Waals surface area contributed by atoms with Gasteiger partial charge in [0.25, 0.3) is 0 Å². The van der Waals surface area contributed by atoms with E-state index in [4.69, 9.17) is 10.5 Å². The van der Waals surface area contributed by atoms with E-state index in [1.165, 1.54) is 0 Å². The molecule has 1 atom stereocenters. The van der Waals surface area contributed by atoms with Crippen molar-refractivity contribution in [3.05, 3.63) is 29.3 Å². The maximum absolute atomic E-state index is 10.6. The standard InChI is InChI=1S/C16H26N2O3/c1-12-6-7-13(2)15(9-12)21-11-14(19)10-18-8-4-3-5-16(17)20/h6-7,9,14,18-19H,3-5,8,10-11H2,1-2H3,(H2,17,20). The minimum Gasteiger partial charge on any atom is -0.491 e. The Hall–Kier alpha value is -1.59. The molecular weight excluding hydrogens is 268 g/mol. The summed E-state index contributed by atoms with van der Waals surface area (Å²) in [5.41, 5.74) is 7.26. The van der Waals surface area contributed by atoms with Crippen molar-refractivity contribution in [3.8, 4) is 5.75 Å². The van der Waals surface area contributed by atoms with E-state index in [1.807, 2.05) is 32.0 Å². The number of ether oxygens (including phenoxy) is 1. The maximum Gasteiger partial charge on any atom is 0.217 e. The monoisotopic (exact) mass is 294 g/mol. The van der Waals surface area contributed by atoms with Gasteiger partial charge in [-0.3, -0.25) is 4.79 Å². The second-order valence-corrected chi connectivity index (χ2v) is 5.36. The predicted octanol–water partition coefficient (Wildman–Crippen LogP) is 1.29. The van der Waals surface area contributed by atoms with Crippen LogP contribution in [0.3, 0.4) is 0 Å². The fraction of sp³-hybridized carbons (Fsp3) is 0.562. The Balaban J connectivity index is 2.15. The van der Waals surface area contributed by atoms with Gasteiger partial charge in [-0.15, -0.1) is 0 Å². The Morgan fingerprint density at radius 2 is 2.14 bits per heavy atom. The van der Waals surface area contributed by atoms with Crippen LogP contribution >= 0.6 is 0 Å². The van der Waals surface area contributed by atoms with Gasteiger partial charge in [0.2, 0.25) is 5.91 Å². The molecule has 0 aliphatic heterocycles. The van der Waals surface area contributed by atoms with Crippen LogP contribution < -0.4 is 15.8 Å². The van der Waals surface area contributed by atoms with E-state index in [2.05, 4.69) is 5.32 Å². The zero-order chi connectivity index (χ0) is 15.7. The number of rotatable bonds is 10. The molecule has 0 heterocycles. The summed E-state index contributed by atoms with van der Waals surface area (Å²) in [5.74, 6) is 0.549. The van der Waals surface area contributed by atoms with Gasteiger partial charge in [0, 0.05) is 13.0 Å². The first-order valence-corrected chi connectivity index (χ1v) is 7.36. The predicted molar refractivity (Wildman–Crippen MR) is 83.3 cm³/mol. The van der Waals surface area contributed by atoms with Crippen molar-refractivity contribution < 1.29 is 14.6 Å². The molecule has 0 radical (unpaired) electrons. The summed E-state index contributed by atoms with van der Waals surface area (Å²) in [4.78, 5) is 10.6. The first-order chi connectivity index (χ1) is 9.99. The molecule has 0 spiro atoms. The van der Waals surface area contributed by atoms with Gasteiger partial charge in [0.15, 0.2) is 0 Å². The third-order valence-electron chi connectivity index (χ3n) is 3.18. The quantitative estimate of drug-likeness (QED) is 0.568. The number of carbonyl (C=O) groups is 1. The molecule has 0 fully saturated rings. The van der Waals surface area contributed by atoms with Crippen LogP contribution in [-0.4, -0.2) is 36.8 Å². The van der Waals surface area contributed by atoms with E-state index in [1.54, 1.807) is 0 Å². The molecule has 1 amide bonds. The van der Waals surface area contributed by atoms with Crippen molar-refractivity contribution in [1.82, 2.24) is 5.32 Å². The molecule has 0 aromatic heterocycles. The lowest BCUT2D eigenvalue weighted by Crippen LogP contribution is -2.32. The normalized spacial score (nSPS) is 12.1. The summed E-state index contributed by atoms with van der Waals surface area (Å²) in [7, 11) is 0. The van der Waals surface area contributed by atoms with Gasteiger partial charge in [-0.05, 0) is 50.4 Å². The average Bonchev–Trinajstić information content (AvgIpc) is 2.43. The number of aryl methyl sites for hydroxylation is 2. The van der Waals surface area contributed by atoms with Crippen molar-refractivity contribution in [3.63, 3.8) is 0 Å². The zero-order valence-corrected chi connectivity index (χ0v) is 12.9. The van der Waals surface area contributed by atoms with Crippen molar-refractivity contribution in [2.24, 2.45) is 5.73 Å². The number of aliphatic hydroxyl groups is 1. The van der Waals surface area contributed by atoms with Crippen LogP contribution in [0.2, 0.25) is 0 Å². The van der Waals surface area contributed by atoms with Crippen LogP contribution in [0.4, 0.5) is 0 Å². The van der Waals surface area contributed by atoms with E-state index in [-0.39, 0.29) is 12.5 Å². The van der Waals surface area contributed by atoms with Crippen molar-refractivity contribution in [1.29, 1.82) is 0 Å². The molecule has 5 nitrogen and oxygen atoms in total. The van der Waals surface area contributed by atoms with Gasteiger partial charge in [0.1, 0.15) is 18.5 Å². The Morgan fingerprint density at radius 1 is 1.38 bits per heavy atom. The van der Waals surface area contributed by atoms with Crippen LogP contribution in [0.5, 0.6) is 5.75 Å². The SMILES string of the molecule is Cc1ccc(C)c(OCC(O)CNCCCCC(N)=O)c1. The second-order valence-electron chi connectivity index (χ2n) is 5.36. The fourth-order valence-corrected chi connectivity index (χ4v) is 1.93. The van der Waals surface area contributed by atoms with E-state index in [9.17, 15) is 9.90 Å². The molecule has 0 aliphatic carbocycles. The second kappa shape index (κ2) is 9.37. The number of carbonyl (C=O) groups excluding carboxylic acids is 1. The van der Waals surface area contributed by atoms with Crippen molar-refractivity contribution in [2.45, 2.75) is 39.2 Å². The molecule has 0 saturated heterocycles. The number of nitrogens with two attached hydrogens (primary N) is 1. The molecule has 0 aliphatic rings. The number of unbranched alkanes of at least 4 members (excludes halogenated alkanes) is 1. The topological polar surface area (TPSA) is 84.6 Å². The van der Waals surface area contributed by atoms with E-state index >= 15 is 0 Å². The summed E-state index contributed by atoms with van der Waals surface area (Å²) in [6.07, 6.45) is 1.51. The zero-order valence-electron chi connectivity index (χ0n) is 12.9.